The average Bonchev–Trinajstić information content (AvgIpc) is 2.17. The first-order valence-electron chi connectivity index (χ1n) is 3.77. The summed E-state index contributed by atoms with van der Waals surface area (Å²) in [6.45, 7) is 7.20. The molecule has 0 radical (unpaired) electrons. The molecule has 0 spiro atoms. The van der Waals surface area contributed by atoms with Gasteiger partial charge in [0.2, 0.25) is 0 Å². The summed E-state index contributed by atoms with van der Waals surface area (Å²) in [6, 6.07) is 1.68. The van der Waals surface area contributed by atoms with Crippen molar-refractivity contribution >= 4 is 11.8 Å². The quantitative estimate of drug-likeness (QED) is 0.713. The van der Waals surface area contributed by atoms with Gasteiger partial charge in [0.25, 0.3) is 5.56 Å². The van der Waals surface area contributed by atoms with E-state index in [9.17, 15) is 4.79 Å². The van der Waals surface area contributed by atoms with Crippen molar-refractivity contribution in [1.82, 2.24) is 4.98 Å². The van der Waals surface area contributed by atoms with E-state index in [1.807, 2.05) is 0 Å². The molecular weight excluding hydrogens is 166 g/mol. The van der Waals surface area contributed by atoms with Crippen molar-refractivity contribution in [2.75, 3.05) is 7.11 Å². The fourth-order valence-electron chi connectivity index (χ4n) is 0.935. The molecule has 0 amide bonds. The lowest BCUT2D eigenvalue weighted by atomic mass is 10.2. The number of nitrogens with one attached hydrogen (secondary N) is 1. The summed E-state index contributed by atoms with van der Waals surface area (Å²) in [6.07, 6.45) is 3.23. The normalized spacial score (nSPS) is 9.31. The Bertz CT molecular complexity index is 390. The molecule has 0 unspecified atom stereocenters. The number of aromatic amines is 1. The largest absolute Gasteiger partial charge is 0.497 e. The summed E-state index contributed by atoms with van der Waals surface area (Å²) in [5.74, 6) is 0.352. The van der Waals surface area contributed by atoms with E-state index >= 15 is 0 Å². The first kappa shape index (κ1) is 9.32. The highest BCUT2D eigenvalue weighted by Crippen LogP contribution is 2.09. The third kappa shape index (κ3) is 1.87. The molecule has 0 aromatic carbocycles. The van der Waals surface area contributed by atoms with E-state index < -0.39 is 0 Å². The van der Waals surface area contributed by atoms with Gasteiger partial charge in [-0.15, -0.1) is 0 Å². The zero-order chi connectivity index (χ0) is 9.84. The van der Waals surface area contributed by atoms with Crippen molar-refractivity contribution in [2.45, 2.75) is 0 Å². The third-order valence-corrected chi connectivity index (χ3v) is 1.71. The number of rotatable bonds is 3. The molecule has 0 atom stereocenters. The lowest BCUT2D eigenvalue weighted by molar-refractivity contribution is 0.371. The fourth-order valence-corrected chi connectivity index (χ4v) is 0.935. The molecule has 0 saturated heterocycles. The monoisotopic (exact) mass is 177 g/mol. The molecule has 0 fully saturated rings. The van der Waals surface area contributed by atoms with Crippen molar-refractivity contribution in [3.05, 3.63) is 46.9 Å². The smallest absolute Gasteiger partial charge is 0.258 e. The van der Waals surface area contributed by atoms with Crippen molar-refractivity contribution in [3.8, 4) is 0 Å². The van der Waals surface area contributed by atoms with Crippen LogP contribution in [0.15, 0.2) is 30.2 Å². The summed E-state index contributed by atoms with van der Waals surface area (Å²) in [7, 11) is 1.47. The number of aromatic nitrogens is 1. The van der Waals surface area contributed by atoms with E-state index in [-0.39, 0.29) is 5.56 Å². The molecular formula is C10H11NO2. The third-order valence-electron chi connectivity index (χ3n) is 1.71. The van der Waals surface area contributed by atoms with E-state index in [0.29, 0.717) is 11.3 Å². The molecule has 3 heteroatoms. The summed E-state index contributed by atoms with van der Waals surface area (Å²) in [5.41, 5.74) is 1.05. The molecule has 1 aromatic heterocycles. The lowest BCUT2D eigenvalue weighted by Gasteiger charge is -2.03. The van der Waals surface area contributed by atoms with Crippen LogP contribution in [0.4, 0.5) is 0 Å². The first-order chi connectivity index (χ1) is 6.19. The van der Waals surface area contributed by atoms with Crippen LogP contribution < -0.4 is 5.56 Å². The number of pyridine rings is 1. The van der Waals surface area contributed by atoms with E-state index in [2.05, 4.69) is 18.1 Å². The SMILES string of the molecule is C=Cc1c[nH]c(=O)c(C(=C)OC)c1. The van der Waals surface area contributed by atoms with Crippen LogP contribution in [-0.2, 0) is 4.74 Å². The van der Waals surface area contributed by atoms with Crippen molar-refractivity contribution in [2.24, 2.45) is 0 Å². The van der Waals surface area contributed by atoms with E-state index in [0.717, 1.165) is 5.56 Å². The molecule has 68 valence electrons. The highest BCUT2D eigenvalue weighted by molar-refractivity contribution is 5.60. The van der Waals surface area contributed by atoms with Crippen LogP contribution in [0.5, 0.6) is 0 Å². The van der Waals surface area contributed by atoms with E-state index in [1.54, 1.807) is 18.3 Å². The van der Waals surface area contributed by atoms with Crippen LogP contribution in [-0.4, -0.2) is 12.1 Å². The summed E-state index contributed by atoms with van der Waals surface area (Å²) in [5, 5.41) is 0. The van der Waals surface area contributed by atoms with Gasteiger partial charge in [-0.05, 0) is 11.6 Å². The van der Waals surface area contributed by atoms with Crippen LogP contribution in [0.3, 0.4) is 0 Å². The topological polar surface area (TPSA) is 42.1 Å². The predicted octanol–water partition coefficient (Wildman–Crippen LogP) is 1.64. The summed E-state index contributed by atoms with van der Waals surface area (Å²) in [4.78, 5) is 13.8. The summed E-state index contributed by atoms with van der Waals surface area (Å²) >= 11 is 0. The minimum absolute atomic E-state index is 0.211. The average molecular weight is 177 g/mol. The summed E-state index contributed by atoms with van der Waals surface area (Å²) < 4.78 is 4.87. The van der Waals surface area contributed by atoms with Crippen LogP contribution in [0.1, 0.15) is 11.1 Å². The Morgan fingerprint density at radius 1 is 1.69 bits per heavy atom. The Morgan fingerprint density at radius 3 is 2.92 bits per heavy atom. The highest BCUT2D eigenvalue weighted by atomic mass is 16.5. The first-order valence-corrected chi connectivity index (χ1v) is 3.77. The molecule has 0 saturated carbocycles. The van der Waals surface area contributed by atoms with E-state index in [4.69, 9.17) is 4.74 Å². The Labute approximate surface area is 76.4 Å². The molecule has 1 aromatic rings. The second-order valence-electron chi connectivity index (χ2n) is 2.51. The molecule has 0 aliphatic carbocycles. The molecule has 13 heavy (non-hydrogen) atoms. The lowest BCUT2D eigenvalue weighted by Crippen LogP contribution is -2.11. The molecule has 0 aliphatic heterocycles. The molecule has 1 heterocycles. The van der Waals surface area contributed by atoms with Gasteiger partial charge >= 0.3 is 0 Å². The molecule has 3 nitrogen and oxygen atoms in total. The second kappa shape index (κ2) is 3.76. The van der Waals surface area contributed by atoms with Gasteiger partial charge in [0.05, 0.1) is 12.7 Å². The fraction of sp³-hybridized carbons (Fsp3) is 0.100. The maximum Gasteiger partial charge on any atom is 0.258 e. The van der Waals surface area contributed by atoms with Crippen molar-refractivity contribution in [3.63, 3.8) is 0 Å². The number of ether oxygens (including phenoxy) is 1. The van der Waals surface area contributed by atoms with Crippen molar-refractivity contribution in [1.29, 1.82) is 0 Å². The number of methoxy groups -OCH3 is 1. The van der Waals surface area contributed by atoms with Gasteiger partial charge in [-0.25, -0.2) is 0 Å². The van der Waals surface area contributed by atoms with Crippen molar-refractivity contribution < 1.29 is 4.74 Å². The zero-order valence-corrected chi connectivity index (χ0v) is 7.46. The maximum absolute atomic E-state index is 11.3. The van der Waals surface area contributed by atoms with Gasteiger partial charge in [-0.1, -0.05) is 19.2 Å². The Hall–Kier alpha value is -1.77. The van der Waals surface area contributed by atoms with Gasteiger partial charge < -0.3 is 9.72 Å². The zero-order valence-electron chi connectivity index (χ0n) is 7.46. The minimum Gasteiger partial charge on any atom is -0.497 e. The standard InChI is InChI=1S/C10H11NO2/c1-4-8-5-9(7(2)13-3)10(12)11-6-8/h4-6H,1-2H2,3H3,(H,11,12). The Balaban J connectivity index is 3.26. The van der Waals surface area contributed by atoms with Gasteiger partial charge in [-0.3, -0.25) is 4.79 Å². The molecule has 0 bridgehead atoms. The van der Waals surface area contributed by atoms with Crippen LogP contribution in [0, 0.1) is 0 Å². The van der Waals surface area contributed by atoms with Gasteiger partial charge in [0, 0.05) is 6.20 Å². The van der Waals surface area contributed by atoms with Crippen LogP contribution >= 0.6 is 0 Å². The van der Waals surface area contributed by atoms with Crippen LogP contribution in [0.2, 0.25) is 0 Å². The highest BCUT2D eigenvalue weighted by Gasteiger charge is 2.03. The molecule has 0 aliphatic rings. The Morgan fingerprint density at radius 2 is 2.38 bits per heavy atom. The maximum atomic E-state index is 11.3. The van der Waals surface area contributed by atoms with E-state index in [1.165, 1.54) is 7.11 Å². The number of hydrogen-bond donors (Lipinski definition) is 1. The minimum atomic E-state index is -0.211. The molecule has 1 N–H and O–H groups in total. The second-order valence-corrected chi connectivity index (χ2v) is 2.51. The van der Waals surface area contributed by atoms with Gasteiger partial charge in [0.15, 0.2) is 0 Å². The van der Waals surface area contributed by atoms with Gasteiger partial charge in [0.1, 0.15) is 5.76 Å². The predicted molar refractivity (Wildman–Crippen MR) is 53.2 cm³/mol. The number of H-pyrrole nitrogens is 1. The number of hydrogen-bond acceptors (Lipinski definition) is 2. The Kier molecular flexibility index (Phi) is 2.69. The van der Waals surface area contributed by atoms with Gasteiger partial charge in [-0.2, -0.15) is 0 Å². The molecule has 1 rings (SSSR count). The van der Waals surface area contributed by atoms with Crippen LogP contribution in [0.25, 0.3) is 11.8 Å².